The van der Waals surface area contributed by atoms with Gasteiger partial charge in [-0.15, -0.1) is 0 Å². The van der Waals surface area contributed by atoms with Crippen molar-refractivity contribution in [3.63, 3.8) is 0 Å². The van der Waals surface area contributed by atoms with Crippen LogP contribution in [0.1, 0.15) is 12.5 Å². The molecule has 0 aliphatic carbocycles. The number of benzene rings is 2. The van der Waals surface area contributed by atoms with Gasteiger partial charge in [0.05, 0.1) is 18.6 Å². The molecule has 2 aromatic rings. The smallest absolute Gasteiger partial charge is 0.242 e. The van der Waals surface area contributed by atoms with E-state index >= 15 is 0 Å². The van der Waals surface area contributed by atoms with Gasteiger partial charge in [0.15, 0.2) is 11.6 Å². The van der Waals surface area contributed by atoms with Gasteiger partial charge in [-0.3, -0.25) is 9.69 Å². The normalized spacial score (nSPS) is 11.7. The first-order chi connectivity index (χ1) is 13.7. The number of likely N-dealkylation sites (N-methyl/N-ethyl adjacent to an activating group) is 1. The van der Waals surface area contributed by atoms with Crippen LogP contribution in [-0.2, 0) is 21.4 Å². The van der Waals surface area contributed by atoms with Gasteiger partial charge in [-0.2, -0.15) is 0 Å². The summed E-state index contributed by atoms with van der Waals surface area (Å²) >= 11 is 0. The zero-order valence-corrected chi connectivity index (χ0v) is 17.8. The minimum absolute atomic E-state index is 0.113. The van der Waals surface area contributed by atoms with Crippen molar-refractivity contribution in [2.45, 2.75) is 18.4 Å². The molecule has 0 saturated carbocycles. The molecule has 0 unspecified atom stereocenters. The molecule has 0 bridgehead atoms. The third-order valence-electron chi connectivity index (χ3n) is 4.35. The van der Waals surface area contributed by atoms with E-state index in [0.717, 1.165) is 9.87 Å². The van der Waals surface area contributed by atoms with E-state index in [1.807, 2.05) is 11.8 Å². The third-order valence-corrected chi connectivity index (χ3v) is 6.18. The second-order valence-electron chi connectivity index (χ2n) is 6.63. The van der Waals surface area contributed by atoms with Crippen molar-refractivity contribution < 1.29 is 22.3 Å². The van der Waals surface area contributed by atoms with Crippen molar-refractivity contribution in [1.82, 2.24) is 9.21 Å². The number of carbonyl (C=O) groups is 1. The lowest BCUT2D eigenvalue weighted by Gasteiger charge is -2.20. The van der Waals surface area contributed by atoms with Crippen LogP contribution in [-0.4, -0.2) is 57.8 Å². The predicted octanol–water partition coefficient (Wildman–Crippen LogP) is 2.55. The van der Waals surface area contributed by atoms with E-state index < -0.39 is 15.8 Å². The number of sulfonamides is 1. The number of ether oxygens (including phenoxy) is 1. The summed E-state index contributed by atoms with van der Waals surface area (Å²) in [7, 11) is 0.805. The predicted molar refractivity (Wildman–Crippen MR) is 110 cm³/mol. The summed E-state index contributed by atoms with van der Waals surface area (Å²) in [4.78, 5) is 14.4. The lowest BCUT2D eigenvalue weighted by atomic mass is 10.2. The highest BCUT2D eigenvalue weighted by molar-refractivity contribution is 7.89. The fraction of sp³-hybridized carbons (Fsp3) is 0.350. The molecule has 0 radical (unpaired) electrons. The maximum atomic E-state index is 13.9. The molecule has 0 aromatic heterocycles. The Bertz CT molecular complexity index is 947. The Balaban J connectivity index is 1.99. The number of carbonyl (C=O) groups excluding carboxylic acids is 1. The Morgan fingerprint density at radius 1 is 1.14 bits per heavy atom. The summed E-state index contributed by atoms with van der Waals surface area (Å²) in [6.07, 6.45) is 0. The molecular weight excluding hydrogens is 397 g/mol. The van der Waals surface area contributed by atoms with Crippen LogP contribution in [0.3, 0.4) is 0 Å². The van der Waals surface area contributed by atoms with E-state index in [1.165, 1.54) is 39.4 Å². The van der Waals surface area contributed by atoms with E-state index in [2.05, 4.69) is 5.32 Å². The van der Waals surface area contributed by atoms with E-state index in [0.29, 0.717) is 18.8 Å². The van der Waals surface area contributed by atoms with Gasteiger partial charge in [-0.25, -0.2) is 17.1 Å². The Hall–Kier alpha value is -2.49. The molecule has 2 rings (SSSR count). The topological polar surface area (TPSA) is 79.0 Å². The van der Waals surface area contributed by atoms with Crippen molar-refractivity contribution in [2.75, 3.05) is 39.6 Å². The van der Waals surface area contributed by atoms with E-state index in [4.69, 9.17) is 4.74 Å². The summed E-state index contributed by atoms with van der Waals surface area (Å²) < 4.78 is 44.1. The Kier molecular flexibility index (Phi) is 7.72. The Morgan fingerprint density at radius 3 is 2.31 bits per heavy atom. The van der Waals surface area contributed by atoms with Crippen LogP contribution < -0.4 is 10.1 Å². The molecule has 0 atom stereocenters. The molecule has 1 amide bonds. The van der Waals surface area contributed by atoms with Crippen LogP contribution >= 0.6 is 0 Å². The van der Waals surface area contributed by atoms with Crippen LogP contribution in [0.25, 0.3) is 0 Å². The van der Waals surface area contributed by atoms with Crippen LogP contribution in [0.2, 0.25) is 0 Å². The molecule has 0 saturated heterocycles. The average molecular weight is 424 g/mol. The number of halogens is 1. The fourth-order valence-corrected chi connectivity index (χ4v) is 3.57. The van der Waals surface area contributed by atoms with Crippen molar-refractivity contribution in [1.29, 1.82) is 0 Å². The fourth-order valence-electron chi connectivity index (χ4n) is 2.67. The first-order valence-corrected chi connectivity index (χ1v) is 10.5. The third kappa shape index (κ3) is 5.99. The van der Waals surface area contributed by atoms with E-state index in [9.17, 15) is 17.6 Å². The number of nitrogens with one attached hydrogen (secondary N) is 1. The zero-order chi connectivity index (χ0) is 21.6. The van der Waals surface area contributed by atoms with Gasteiger partial charge in [0, 0.05) is 26.3 Å². The number of anilines is 1. The summed E-state index contributed by atoms with van der Waals surface area (Å²) in [6, 6.07) is 10.7. The highest BCUT2D eigenvalue weighted by Gasteiger charge is 2.17. The molecule has 2 aromatic carbocycles. The van der Waals surface area contributed by atoms with E-state index in [-0.39, 0.29) is 23.1 Å². The van der Waals surface area contributed by atoms with Crippen LogP contribution in [0.15, 0.2) is 47.4 Å². The number of nitrogens with zero attached hydrogens (tertiary/aromatic N) is 2. The standard InChI is InChI=1S/C20H26FN3O4S/c1-5-24(13-15-6-11-19(28-4)18(21)12-15)14-20(25)22-16-7-9-17(10-8-16)29(26,27)23(2)3/h6-12H,5,13-14H2,1-4H3,(H,22,25). The minimum Gasteiger partial charge on any atom is -0.494 e. The van der Waals surface area contributed by atoms with E-state index in [1.54, 1.807) is 24.3 Å². The molecule has 29 heavy (non-hydrogen) atoms. The number of hydrogen-bond acceptors (Lipinski definition) is 5. The molecule has 0 spiro atoms. The molecule has 9 heteroatoms. The molecule has 0 fully saturated rings. The largest absolute Gasteiger partial charge is 0.494 e. The van der Waals surface area contributed by atoms with Crippen molar-refractivity contribution in [3.8, 4) is 5.75 Å². The van der Waals surface area contributed by atoms with Crippen LogP contribution in [0, 0.1) is 5.82 Å². The molecule has 0 aliphatic rings. The summed E-state index contributed by atoms with van der Waals surface area (Å²) in [5, 5.41) is 2.75. The number of methoxy groups -OCH3 is 1. The lowest BCUT2D eigenvalue weighted by molar-refractivity contribution is -0.117. The average Bonchev–Trinajstić information content (AvgIpc) is 2.67. The van der Waals surface area contributed by atoms with Crippen molar-refractivity contribution in [3.05, 3.63) is 53.8 Å². The second kappa shape index (κ2) is 9.82. The summed E-state index contributed by atoms with van der Waals surface area (Å²) in [6.45, 7) is 3.03. The van der Waals surface area contributed by atoms with Crippen LogP contribution in [0.4, 0.5) is 10.1 Å². The highest BCUT2D eigenvalue weighted by atomic mass is 32.2. The minimum atomic E-state index is -3.52. The molecule has 158 valence electrons. The number of amides is 1. The first-order valence-electron chi connectivity index (χ1n) is 9.04. The summed E-state index contributed by atoms with van der Waals surface area (Å²) in [5.74, 6) is -0.517. The molecule has 0 aliphatic heterocycles. The van der Waals surface area contributed by atoms with Gasteiger partial charge in [0.1, 0.15) is 0 Å². The van der Waals surface area contributed by atoms with Gasteiger partial charge < -0.3 is 10.1 Å². The SMILES string of the molecule is CCN(CC(=O)Nc1ccc(S(=O)(=O)N(C)C)cc1)Cc1ccc(OC)c(F)c1. The first kappa shape index (κ1) is 22.8. The van der Waals surface area contributed by atoms with Gasteiger partial charge in [0.2, 0.25) is 15.9 Å². The zero-order valence-electron chi connectivity index (χ0n) is 17.0. The maximum absolute atomic E-state index is 13.9. The van der Waals surface area contributed by atoms with Gasteiger partial charge in [-0.1, -0.05) is 13.0 Å². The van der Waals surface area contributed by atoms with Gasteiger partial charge >= 0.3 is 0 Å². The molecule has 0 heterocycles. The molecular formula is C20H26FN3O4S. The van der Waals surface area contributed by atoms with Gasteiger partial charge in [-0.05, 0) is 48.5 Å². The maximum Gasteiger partial charge on any atom is 0.242 e. The quantitative estimate of drug-likeness (QED) is 0.671. The van der Waals surface area contributed by atoms with Crippen molar-refractivity contribution in [2.24, 2.45) is 0 Å². The van der Waals surface area contributed by atoms with Gasteiger partial charge in [0.25, 0.3) is 0 Å². The Morgan fingerprint density at radius 2 is 1.79 bits per heavy atom. The summed E-state index contributed by atoms with van der Waals surface area (Å²) in [5.41, 5.74) is 1.23. The molecule has 1 N–H and O–H groups in total. The highest BCUT2D eigenvalue weighted by Crippen LogP contribution is 2.19. The Labute approximate surface area is 171 Å². The van der Waals surface area contributed by atoms with Crippen molar-refractivity contribution >= 4 is 21.6 Å². The monoisotopic (exact) mass is 423 g/mol. The second-order valence-corrected chi connectivity index (χ2v) is 8.78. The number of rotatable bonds is 9. The van der Waals surface area contributed by atoms with Crippen LogP contribution in [0.5, 0.6) is 5.75 Å². The lowest BCUT2D eigenvalue weighted by Crippen LogP contribution is -2.32. The molecule has 7 nitrogen and oxygen atoms in total. The number of hydrogen-bond donors (Lipinski definition) is 1.